The van der Waals surface area contributed by atoms with E-state index < -0.39 is 0 Å². The van der Waals surface area contributed by atoms with Gasteiger partial charge < -0.3 is 9.32 Å². The predicted octanol–water partition coefficient (Wildman–Crippen LogP) is 12.8. The molecule has 2 aromatic heterocycles. The van der Waals surface area contributed by atoms with Gasteiger partial charge in [0.15, 0.2) is 0 Å². The summed E-state index contributed by atoms with van der Waals surface area (Å²) < 4.78 is 9.00. The van der Waals surface area contributed by atoms with E-state index in [2.05, 4.69) is 157 Å². The standard InChI is InChI=1S/C42H27NOS/c1-2-12-28(13-3-1)29-14-10-15-31(26-29)43(37-20-11-22-39-42(37)34-18-5-8-21-38(34)44-39)36-19-7-4-16-32(36)30-24-25-41-35(27-30)33-17-6-9-23-40(33)45-41/h1-27H. The summed E-state index contributed by atoms with van der Waals surface area (Å²) in [6, 6.07) is 58.5. The van der Waals surface area contributed by atoms with E-state index in [1.165, 1.54) is 42.4 Å². The Hall–Kier alpha value is -5.64. The first kappa shape index (κ1) is 25.8. The van der Waals surface area contributed by atoms with Crippen molar-refractivity contribution in [3.05, 3.63) is 164 Å². The summed E-state index contributed by atoms with van der Waals surface area (Å²) in [7, 11) is 0. The number of hydrogen-bond donors (Lipinski definition) is 0. The Morgan fingerprint density at radius 1 is 0.422 bits per heavy atom. The van der Waals surface area contributed by atoms with Gasteiger partial charge in [-0.25, -0.2) is 0 Å². The SMILES string of the molecule is c1ccc(-c2cccc(N(c3ccccc3-c3ccc4sc5ccccc5c4c3)c3cccc4oc5ccccc5c34)c2)cc1. The molecule has 0 aliphatic rings. The molecule has 0 atom stereocenters. The highest BCUT2D eigenvalue weighted by molar-refractivity contribution is 7.25. The third-order valence-electron chi connectivity index (χ3n) is 8.67. The number of para-hydroxylation sites is 2. The lowest BCUT2D eigenvalue weighted by molar-refractivity contribution is 0.669. The molecule has 0 saturated heterocycles. The molecular formula is C42H27NOS. The minimum Gasteiger partial charge on any atom is -0.456 e. The van der Waals surface area contributed by atoms with E-state index in [1.807, 2.05) is 23.5 Å². The van der Waals surface area contributed by atoms with E-state index in [4.69, 9.17) is 4.42 Å². The number of benzene rings is 7. The van der Waals surface area contributed by atoms with Crippen LogP contribution in [0.1, 0.15) is 0 Å². The summed E-state index contributed by atoms with van der Waals surface area (Å²) in [5.74, 6) is 0. The van der Waals surface area contributed by atoms with Crippen molar-refractivity contribution in [1.29, 1.82) is 0 Å². The molecule has 0 fully saturated rings. The molecule has 0 spiro atoms. The third-order valence-corrected chi connectivity index (χ3v) is 9.82. The van der Waals surface area contributed by atoms with Gasteiger partial charge in [-0.05, 0) is 71.3 Å². The number of anilines is 3. The maximum Gasteiger partial charge on any atom is 0.137 e. The van der Waals surface area contributed by atoms with Gasteiger partial charge in [0.2, 0.25) is 0 Å². The van der Waals surface area contributed by atoms with Crippen molar-refractivity contribution in [2.24, 2.45) is 0 Å². The van der Waals surface area contributed by atoms with Crippen LogP contribution in [-0.4, -0.2) is 0 Å². The molecule has 0 radical (unpaired) electrons. The lowest BCUT2D eigenvalue weighted by atomic mass is 9.98. The Morgan fingerprint density at radius 3 is 2.04 bits per heavy atom. The quantitative estimate of drug-likeness (QED) is 0.197. The summed E-state index contributed by atoms with van der Waals surface area (Å²) in [5, 5.41) is 4.81. The van der Waals surface area contributed by atoms with Crippen molar-refractivity contribution >= 4 is 70.5 Å². The largest absolute Gasteiger partial charge is 0.456 e. The number of nitrogens with zero attached hydrogens (tertiary/aromatic N) is 1. The Morgan fingerprint density at radius 2 is 1.11 bits per heavy atom. The zero-order valence-corrected chi connectivity index (χ0v) is 25.2. The summed E-state index contributed by atoms with van der Waals surface area (Å²) in [4.78, 5) is 2.40. The average molecular weight is 594 g/mol. The molecule has 0 aliphatic heterocycles. The van der Waals surface area contributed by atoms with Crippen molar-refractivity contribution in [2.45, 2.75) is 0 Å². The van der Waals surface area contributed by atoms with Gasteiger partial charge in [-0.15, -0.1) is 11.3 Å². The lowest BCUT2D eigenvalue weighted by Crippen LogP contribution is -2.11. The summed E-state index contributed by atoms with van der Waals surface area (Å²) in [6.07, 6.45) is 0. The van der Waals surface area contributed by atoms with Crippen LogP contribution in [0, 0.1) is 0 Å². The van der Waals surface area contributed by atoms with Gasteiger partial charge in [0.05, 0.1) is 16.8 Å². The van der Waals surface area contributed by atoms with Gasteiger partial charge in [-0.1, -0.05) is 109 Å². The van der Waals surface area contributed by atoms with Gasteiger partial charge in [-0.3, -0.25) is 0 Å². The van der Waals surface area contributed by atoms with Crippen LogP contribution in [0.4, 0.5) is 17.1 Å². The van der Waals surface area contributed by atoms with Crippen molar-refractivity contribution in [3.8, 4) is 22.3 Å². The van der Waals surface area contributed by atoms with Crippen LogP contribution in [0.5, 0.6) is 0 Å². The lowest BCUT2D eigenvalue weighted by Gasteiger charge is -2.29. The first-order chi connectivity index (χ1) is 22.3. The molecule has 0 bridgehead atoms. The summed E-state index contributed by atoms with van der Waals surface area (Å²) in [5.41, 5.74) is 9.77. The van der Waals surface area contributed by atoms with E-state index in [-0.39, 0.29) is 0 Å². The molecule has 9 aromatic rings. The second-order valence-electron chi connectivity index (χ2n) is 11.3. The normalized spacial score (nSPS) is 11.6. The van der Waals surface area contributed by atoms with Gasteiger partial charge >= 0.3 is 0 Å². The minimum atomic E-state index is 0.876. The van der Waals surface area contributed by atoms with Crippen LogP contribution in [0.15, 0.2) is 168 Å². The molecule has 3 heteroatoms. The van der Waals surface area contributed by atoms with Crippen molar-refractivity contribution < 1.29 is 4.42 Å². The highest BCUT2D eigenvalue weighted by Gasteiger charge is 2.22. The highest BCUT2D eigenvalue weighted by atomic mass is 32.1. The van der Waals surface area contributed by atoms with Crippen molar-refractivity contribution in [1.82, 2.24) is 0 Å². The monoisotopic (exact) mass is 593 g/mol. The van der Waals surface area contributed by atoms with Crippen LogP contribution in [0.3, 0.4) is 0 Å². The zero-order chi connectivity index (χ0) is 29.7. The maximum atomic E-state index is 6.38. The van der Waals surface area contributed by atoms with Crippen molar-refractivity contribution in [3.63, 3.8) is 0 Å². The molecule has 9 rings (SSSR count). The second kappa shape index (κ2) is 10.5. The van der Waals surface area contributed by atoms with Crippen LogP contribution in [-0.2, 0) is 0 Å². The Bertz CT molecular complexity index is 2510. The second-order valence-corrected chi connectivity index (χ2v) is 12.4. The molecule has 0 N–H and O–H groups in total. The molecule has 0 aliphatic carbocycles. The van der Waals surface area contributed by atoms with E-state index >= 15 is 0 Å². The first-order valence-corrected chi connectivity index (χ1v) is 16.0. The smallest absolute Gasteiger partial charge is 0.137 e. The summed E-state index contributed by atoms with van der Waals surface area (Å²) in [6.45, 7) is 0. The minimum absolute atomic E-state index is 0.876. The van der Waals surface area contributed by atoms with Crippen LogP contribution >= 0.6 is 11.3 Å². The van der Waals surface area contributed by atoms with Gasteiger partial charge in [0, 0.05) is 36.8 Å². The molecule has 0 saturated carbocycles. The van der Waals surface area contributed by atoms with E-state index in [9.17, 15) is 0 Å². The fourth-order valence-electron chi connectivity index (χ4n) is 6.61. The number of thiophene rings is 1. The van der Waals surface area contributed by atoms with E-state index in [0.717, 1.165) is 39.0 Å². The fourth-order valence-corrected chi connectivity index (χ4v) is 7.70. The topological polar surface area (TPSA) is 16.4 Å². The average Bonchev–Trinajstić information content (AvgIpc) is 3.68. The molecule has 0 amide bonds. The van der Waals surface area contributed by atoms with Crippen molar-refractivity contribution in [2.75, 3.05) is 4.90 Å². The van der Waals surface area contributed by atoms with E-state index in [0.29, 0.717) is 0 Å². The van der Waals surface area contributed by atoms with Crippen LogP contribution in [0.25, 0.3) is 64.4 Å². The predicted molar refractivity (Wildman–Crippen MR) is 192 cm³/mol. The molecule has 2 nitrogen and oxygen atoms in total. The molecular weight excluding hydrogens is 567 g/mol. The molecule has 0 unspecified atom stereocenters. The third kappa shape index (κ3) is 4.32. The van der Waals surface area contributed by atoms with Gasteiger partial charge in [0.1, 0.15) is 11.2 Å². The number of fused-ring (bicyclic) bond motifs is 6. The Kier molecular flexibility index (Phi) is 6.03. The number of rotatable bonds is 5. The molecule has 2 heterocycles. The highest BCUT2D eigenvalue weighted by Crippen LogP contribution is 2.47. The van der Waals surface area contributed by atoms with Crippen LogP contribution in [0.2, 0.25) is 0 Å². The molecule has 45 heavy (non-hydrogen) atoms. The Labute approximate surface area is 265 Å². The van der Waals surface area contributed by atoms with Crippen LogP contribution < -0.4 is 4.90 Å². The maximum absolute atomic E-state index is 6.38. The van der Waals surface area contributed by atoms with Gasteiger partial charge in [0.25, 0.3) is 0 Å². The van der Waals surface area contributed by atoms with E-state index in [1.54, 1.807) is 0 Å². The molecule has 212 valence electrons. The van der Waals surface area contributed by atoms with Gasteiger partial charge in [-0.2, -0.15) is 0 Å². The number of furan rings is 1. The number of hydrogen-bond acceptors (Lipinski definition) is 3. The first-order valence-electron chi connectivity index (χ1n) is 15.2. The summed E-state index contributed by atoms with van der Waals surface area (Å²) >= 11 is 1.85. The Balaban J connectivity index is 1.32. The zero-order valence-electron chi connectivity index (χ0n) is 24.4. The fraction of sp³-hybridized carbons (Fsp3) is 0. The molecule has 7 aromatic carbocycles.